The molecule has 0 atom stereocenters. The Bertz CT molecular complexity index is 824. The van der Waals surface area contributed by atoms with Crippen molar-refractivity contribution in [3.63, 3.8) is 0 Å². The number of aromatic nitrogens is 2. The molecule has 0 bridgehead atoms. The summed E-state index contributed by atoms with van der Waals surface area (Å²) >= 11 is 0. The molecule has 0 spiro atoms. The molecule has 0 aliphatic heterocycles. The summed E-state index contributed by atoms with van der Waals surface area (Å²) in [6, 6.07) is 13.7. The number of H-pyrrole nitrogens is 1. The summed E-state index contributed by atoms with van der Waals surface area (Å²) in [6.07, 6.45) is 1.65. The number of nitrogens with one attached hydrogen (secondary N) is 2. The van der Waals surface area contributed by atoms with Gasteiger partial charge in [0.05, 0.1) is 18.4 Å². The number of halogens is 1. The molecular formula is C18H16FN3O. The number of anilines is 1. The van der Waals surface area contributed by atoms with Gasteiger partial charge in [-0.15, -0.1) is 0 Å². The third-order valence-corrected chi connectivity index (χ3v) is 3.58. The molecule has 2 N–H and O–H groups in total. The van der Waals surface area contributed by atoms with Gasteiger partial charge in [0.25, 0.3) is 0 Å². The molecule has 2 aromatic carbocycles. The molecule has 0 saturated heterocycles. The number of nitrogens with zero attached hydrogens (tertiary/aromatic N) is 1. The first-order valence-electron chi connectivity index (χ1n) is 7.27. The van der Waals surface area contributed by atoms with Crippen molar-refractivity contribution in [1.82, 2.24) is 9.97 Å². The maximum Gasteiger partial charge on any atom is 0.228 e. The number of hydrogen-bond acceptors (Lipinski definition) is 2. The standard InChI is InChI=1S/C18H16FN3O/c1-12-18(21-11-20-12)13-6-8-15(9-7-13)22-17(23)10-14-4-2-3-5-16(14)19/h2-9,11H,10H2,1H3,(H,20,21)(H,22,23). The Balaban J connectivity index is 1.68. The number of carbonyl (C=O) groups excluding carboxylic acids is 1. The Hall–Kier alpha value is -2.95. The van der Waals surface area contributed by atoms with Gasteiger partial charge in [-0.3, -0.25) is 4.79 Å². The lowest BCUT2D eigenvalue weighted by atomic mass is 10.1. The van der Waals surface area contributed by atoms with Crippen molar-refractivity contribution < 1.29 is 9.18 Å². The number of rotatable bonds is 4. The van der Waals surface area contributed by atoms with Crippen LogP contribution < -0.4 is 5.32 Å². The molecule has 5 heteroatoms. The van der Waals surface area contributed by atoms with E-state index in [-0.39, 0.29) is 18.1 Å². The van der Waals surface area contributed by atoms with E-state index in [4.69, 9.17) is 0 Å². The zero-order valence-electron chi connectivity index (χ0n) is 12.6. The number of aryl methyl sites for hydroxylation is 1. The van der Waals surface area contributed by atoms with Crippen molar-refractivity contribution >= 4 is 11.6 Å². The molecule has 0 saturated carbocycles. The van der Waals surface area contributed by atoms with Gasteiger partial charge in [0.1, 0.15) is 5.82 Å². The second-order valence-electron chi connectivity index (χ2n) is 5.27. The lowest BCUT2D eigenvalue weighted by Gasteiger charge is -2.07. The number of carbonyl (C=O) groups is 1. The number of amides is 1. The maximum absolute atomic E-state index is 13.5. The van der Waals surface area contributed by atoms with Crippen LogP contribution in [0, 0.1) is 12.7 Å². The molecule has 1 aromatic heterocycles. The molecule has 0 aliphatic carbocycles. The highest BCUT2D eigenvalue weighted by molar-refractivity contribution is 5.92. The number of aromatic amines is 1. The van der Waals surface area contributed by atoms with Crippen LogP contribution in [-0.4, -0.2) is 15.9 Å². The minimum Gasteiger partial charge on any atom is -0.348 e. The van der Waals surface area contributed by atoms with E-state index in [0.717, 1.165) is 17.0 Å². The van der Waals surface area contributed by atoms with E-state index in [1.165, 1.54) is 6.07 Å². The number of hydrogen-bond donors (Lipinski definition) is 2. The van der Waals surface area contributed by atoms with Crippen LogP contribution in [0.4, 0.5) is 10.1 Å². The highest BCUT2D eigenvalue weighted by atomic mass is 19.1. The van der Waals surface area contributed by atoms with Crippen LogP contribution in [-0.2, 0) is 11.2 Å². The van der Waals surface area contributed by atoms with Crippen LogP contribution in [0.25, 0.3) is 11.3 Å². The number of benzene rings is 2. The van der Waals surface area contributed by atoms with Crippen molar-refractivity contribution in [3.8, 4) is 11.3 Å². The minimum absolute atomic E-state index is 0.00684. The van der Waals surface area contributed by atoms with E-state index in [1.54, 1.807) is 24.5 Å². The van der Waals surface area contributed by atoms with Crippen LogP contribution in [0.15, 0.2) is 54.9 Å². The third-order valence-electron chi connectivity index (χ3n) is 3.58. The normalized spacial score (nSPS) is 10.5. The molecule has 4 nitrogen and oxygen atoms in total. The van der Waals surface area contributed by atoms with Gasteiger partial charge < -0.3 is 10.3 Å². The molecule has 1 heterocycles. The Morgan fingerprint density at radius 1 is 1.17 bits per heavy atom. The fraction of sp³-hybridized carbons (Fsp3) is 0.111. The van der Waals surface area contributed by atoms with Crippen molar-refractivity contribution in [2.75, 3.05) is 5.32 Å². The predicted molar refractivity (Wildman–Crippen MR) is 87.5 cm³/mol. The van der Waals surface area contributed by atoms with Gasteiger partial charge in [-0.05, 0) is 30.7 Å². The topological polar surface area (TPSA) is 57.8 Å². The van der Waals surface area contributed by atoms with Gasteiger partial charge in [0.15, 0.2) is 0 Å². The van der Waals surface area contributed by atoms with Crippen LogP contribution >= 0.6 is 0 Å². The Morgan fingerprint density at radius 2 is 1.91 bits per heavy atom. The van der Waals surface area contributed by atoms with Crippen molar-refractivity contribution in [3.05, 3.63) is 71.9 Å². The predicted octanol–water partition coefficient (Wildman–Crippen LogP) is 3.71. The summed E-state index contributed by atoms with van der Waals surface area (Å²) in [5, 5.41) is 2.77. The van der Waals surface area contributed by atoms with Gasteiger partial charge >= 0.3 is 0 Å². The Kier molecular flexibility index (Phi) is 4.19. The molecule has 116 valence electrons. The maximum atomic E-state index is 13.5. The summed E-state index contributed by atoms with van der Waals surface area (Å²) in [5.74, 6) is -0.620. The SMILES string of the molecule is Cc1[nH]cnc1-c1ccc(NC(=O)Cc2ccccc2F)cc1. The zero-order valence-corrected chi connectivity index (χ0v) is 12.6. The van der Waals surface area contributed by atoms with Crippen molar-refractivity contribution in [1.29, 1.82) is 0 Å². The van der Waals surface area contributed by atoms with Crippen molar-refractivity contribution in [2.45, 2.75) is 13.3 Å². The van der Waals surface area contributed by atoms with Crippen molar-refractivity contribution in [2.24, 2.45) is 0 Å². The summed E-state index contributed by atoms with van der Waals surface area (Å²) < 4.78 is 13.5. The van der Waals surface area contributed by atoms with Gasteiger partial charge in [-0.1, -0.05) is 30.3 Å². The smallest absolute Gasteiger partial charge is 0.228 e. The highest BCUT2D eigenvalue weighted by Gasteiger charge is 2.09. The van der Waals surface area contributed by atoms with Crippen LogP contribution in [0.2, 0.25) is 0 Å². The lowest BCUT2D eigenvalue weighted by molar-refractivity contribution is -0.115. The first-order valence-corrected chi connectivity index (χ1v) is 7.27. The molecule has 0 fully saturated rings. The van der Waals surface area contributed by atoms with Crippen LogP contribution in [0.5, 0.6) is 0 Å². The third kappa shape index (κ3) is 3.45. The molecule has 23 heavy (non-hydrogen) atoms. The average molecular weight is 309 g/mol. The van der Waals surface area contributed by atoms with E-state index >= 15 is 0 Å². The Morgan fingerprint density at radius 3 is 2.57 bits per heavy atom. The largest absolute Gasteiger partial charge is 0.348 e. The zero-order chi connectivity index (χ0) is 16.2. The van der Waals surface area contributed by atoms with Crippen LogP contribution in [0.1, 0.15) is 11.3 Å². The fourth-order valence-corrected chi connectivity index (χ4v) is 2.38. The Labute approximate surface area is 133 Å². The van der Waals surface area contributed by atoms with Gasteiger partial charge in [-0.25, -0.2) is 9.37 Å². The summed E-state index contributed by atoms with van der Waals surface area (Å²) in [6.45, 7) is 1.95. The molecule has 3 aromatic rings. The number of imidazole rings is 1. The second-order valence-corrected chi connectivity index (χ2v) is 5.27. The fourth-order valence-electron chi connectivity index (χ4n) is 2.38. The molecule has 0 aliphatic rings. The van der Waals surface area contributed by atoms with Gasteiger partial charge in [0, 0.05) is 16.9 Å². The first kappa shape index (κ1) is 15.0. The molecular weight excluding hydrogens is 293 g/mol. The molecule has 0 radical (unpaired) electrons. The van der Waals surface area contributed by atoms with Crippen LogP contribution in [0.3, 0.4) is 0 Å². The van der Waals surface area contributed by atoms with E-state index in [9.17, 15) is 9.18 Å². The van der Waals surface area contributed by atoms with E-state index < -0.39 is 0 Å². The molecule has 3 rings (SSSR count). The minimum atomic E-state index is -0.369. The second kappa shape index (κ2) is 6.44. The van der Waals surface area contributed by atoms with E-state index in [0.29, 0.717) is 11.3 Å². The van der Waals surface area contributed by atoms with Gasteiger partial charge in [-0.2, -0.15) is 0 Å². The quantitative estimate of drug-likeness (QED) is 0.772. The van der Waals surface area contributed by atoms with E-state index in [2.05, 4.69) is 15.3 Å². The average Bonchev–Trinajstić information content (AvgIpc) is 2.96. The molecule has 1 amide bonds. The summed E-state index contributed by atoms with van der Waals surface area (Å²) in [7, 11) is 0. The molecule has 0 unspecified atom stereocenters. The highest BCUT2D eigenvalue weighted by Crippen LogP contribution is 2.21. The first-order chi connectivity index (χ1) is 11.1. The summed E-state index contributed by atoms with van der Waals surface area (Å²) in [4.78, 5) is 19.3. The monoisotopic (exact) mass is 309 g/mol. The lowest BCUT2D eigenvalue weighted by Crippen LogP contribution is -2.15. The van der Waals surface area contributed by atoms with Gasteiger partial charge in [0.2, 0.25) is 5.91 Å². The summed E-state index contributed by atoms with van der Waals surface area (Å²) in [5.41, 5.74) is 3.89. The van der Waals surface area contributed by atoms with E-state index in [1.807, 2.05) is 31.2 Å².